The monoisotopic (exact) mass is 671 g/mol. The Labute approximate surface area is 294 Å². The van der Waals surface area contributed by atoms with Crippen LogP contribution in [0.1, 0.15) is 106 Å². The third kappa shape index (κ3) is 5.14. The van der Waals surface area contributed by atoms with Crippen LogP contribution < -0.4 is 15.5 Å². The number of rotatable bonds is 7. The van der Waals surface area contributed by atoms with Crippen molar-refractivity contribution in [1.82, 2.24) is 24.8 Å². The van der Waals surface area contributed by atoms with Gasteiger partial charge in [-0.3, -0.25) is 14.5 Å². The molecule has 2 aromatic heterocycles. The van der Waals surface area contributed by atoms with E-state index in [1.54, 1.807) is 7.05 Å². The Morgan fingerprint density at radius 3 is 2.46 bits per heavy atom. The van der Waals surface area contributed by atoms with Crippen molar-refractivity contribution in [2.24, 2.45) is 5.41 Å². The van der Waals surface area contributed by atoms with Crippen LogP contribution in [0, 0.1) is 12.3 Å². The Balaban J connectivity index is 1.10. The topological polar surface area (TPSA) is 95.4 Å². The number of carbonyl (C=O) groups is 2. The molecule has 0 unspecified atom stereocenters. The van der Waals surface area contributed by atoms with Crippen LogP contribution in [0.4, 0.5) is 17.2 Å². The van der Waals surface area contributed by atoms with E-state index in [4.69, 9.17) is 9.97 Å². The molecule has 4 heterocycles. The van der Waals surface area contributed by atoms with E-state index in [1.807, 2.05) is 31.5 Å². The van der Waals surface area contributed by atoms with Crippen LogP contribution in [0.15, 0.2) is 48.8 Å². The van der Waals surface area contributed by atoms with Gasteiger partial charge < -0.3 is 20.1 Å². The van der Waals surface area contributed by atoms with Crippen molar-refractivity contribution in [2.75, 3.05) is 30.4 Å². The lowest BCUT2D eigenvalue weighted by Crippen LogP contribution is -2.56. The molecular weight excluding hydrogens is 622 g/mol. The number of carbonyl (C=O) groups excluding carboxylic acids is 2. The molecule has 9 nitrogen and oxygen atoms in total. The maximum absolute atomic E-state index is 14.6. The summed E-state index contributed by atoms with van der Waals surface area (Å²) in [7, 11) is 1.66. The summed E-state index contributed by atoms with van der Waals surface area (Å²) in [4.78, 5) is 42.3. The fraction of sp³-hybridized carbons (Fsp3) is 0.512. The summed E-state index contributed by atoms with van der Waals surface area (Å²) in [6, 6.07) is 15.8. The molecule has 4 fully saturated rings. The first-order chi connectivity index (χ1) is 24.1. The van der Waals surface area contributed by atoms with Gasteiger partial charge in [0.2, 0.25) is 5.91 Å². The lowest BCUT2D eigenvalue weighted by Gasteiger charge is -2.46. The number of likely N-dealkylation sites (tertiary alicyclic amines) is 1. The second kappa shape index (κ2) is 11.7. The van der Waals surface area contributed by atoms with Gasteiger partial charge in [0, 0.05) is 54.2 Å². The summed E-state index contributed by atoms with van der Waals surface area (Å²) >= 11 is 0. The predicted molar refractivity (Wildman–Crippen MR) is 198 cm³/mol. The van der Waals surface area contributed by atoms with E-state index < -0.39 is 5.41 Å². The molecule has 0 bridgehead atoms. The molecule has 2 N–H and O–H groups in total. The van der Waals surface area contributed by atoms with Gasteiger partial charge in [-0.15, -0.1) is 0 Å². The maximum atomic E-state index is 14.6. The smallest absolute Gasteiger partial charge is 0.251 e. The molecular formula is C41H49N7O2. The summed E-state index contributed by atoms with van der Waals surface area (Å²) in [5.74, 6) is 0.937. The van der Waals surface area contributed by atoms with Crippen molar-refractivity contribution in [3.8, 4) is 11.3 Å². The molecule has 5 aliphatic rings. The Kier molecular flexibility index (Phi) is 7.39. The Morgan fingerprint density at radius 1 is 0.940 bits per heavy atom. The fourth-order valence-electron chi connectivity index (χ4n) is 9.43. The Bertz CT molecular complexity index is 2010. The first kappa shape index (κ1) is 31.7. The van der Waals surface area contributed by atoms with Gasteiger partial charge in [-0.25, -0.2) is 9.97 Å². The van der Waals surface area contributed by atoms with Gasteiger partial charge in [0.25, 0.3) is 5.91 Å². The van der Waals surface area contributed by atoms with Crippen LogP contribution in [-0.2, 0) is 10.2 Å². The van der Waals surface area contributed by atoms with Gasteiger partial charge in [-0.2, -0.15) is 0 Å². The van der Waals surface area contributed by atoms with Crippen molar-refractivity contribution in [1.29, 1.82) is 0 Å². The van der Waals surface area contributed by atoms with Gasteiger partial charge in [-0.05, 0) is 99.2 Å². The lowest BCUT2D eigenvalue weighted by molar-refractivity contribution is -0.125. The maximum Gasteiger partial charge on any atom is 0.251 e. The average molecular weight is 672 g/mol. The average Bonchev–Trinajstić information content (AvgIpc) is 3.69. The first-order valence-corrected chi connectivity index (χ1v) is 18.8. The SMILES string of the molecule is CNC(=O)c1cc(Nc2nc(-c3ccc4c(c3)N(C3CC(N5CCC(C)(C)C5)C3)C(=O)C43CCCCC3)cc3ncn(C4CC4)c23)ccc1C. The lowest BCUT2D eigenvalue weighted by atomic mass is 9.70. The minimum atomic E-state index is -0.395. The molecule has 50 heavy (non-hydrogen) atoms. The predicted octanol–water partition coefficient (Wildman–Crippen LogP) is 7.66. The Hall–Kier alpha value is -4.24. The molecule has 9 heteroatoms. The van der Waals surface area contributed by atoms with E-state index in [0.29, 0.717) is 29.0 Å². The fourth-order valence-corrected chi connectivity index (χ4v) is 9.43. The number of aromatic nitrogens is 3. The largest absolute Gasteiger partial charge is 0.355 e. The van der Waals surface area contributed by atoms with Crippen molar-refractivity contribution >= 4 is 40.0 Å². The van der Waals surface area contributed by atoms with Crippen LogP contribution >= 0.6 is 0 Å². The molecule has 9 rings (SSSR count). The number of hydrogen-bond acceptors (Lipinski definition) is 6. The van der Waals surface area contributed by atoms with Gasteiger partial charge in [-0.1, -0.05) is 51.3 Å². The van der Waals surface area contributed by atoms with Crippen LogP contribution in [0.2, 0.25) is 0 Å². The quantitative estimate of drug-likeness (QED) is 0.210. The van der Waals surface area contributed by atoms with Crippen LogP contribution in [0.5, 0.6) is 0 Å². The number of fused-ring (bicyclic) bond motifs is 3. The zero-order valence-electron chi connectivity index (χ0n) is 29.9. The van der Waals surface area contributed by atoms with E-state index in [-0.39, 0.29) is 11.9 Å². The highest BCUT2D eigenvalue weighted by Crippen LogP contribution is 2.54. The van der Waals surface area contributed by atoms with Gasteiger partial charge >= 0.3 is 0 Å². The van der Waals surface area contributed by atoms with Crippen LogP contribution in [0.3, 0.4) is 0 Å². The molecule has 3 aliphatic carbocycles. The number of amides is 2. The third-order valence-corrected chi connectivity index (χ3v) is 12.5. The number of aryl methyl sites for hydroxylation is 1. The van der Waals surface area contributed by atoms with Crippen molar-refractivity contribution in [3.63, 3.8) is 0 Å². The minimum absolute atomic E-state index is 0.115. The normalized spacial score (nSPS) is 24.1. The molecule has 2 amide bonds. The van der Waals surface area contributed by atoms with E-state index in [1.165, 1.54) is 24.9 Å². The van der Waals surface area contributed by atoms with E-state index in [0.717, 1.165) is 103 Å². The molecule has 1 spiro atoms. The third-order valence-electron chi connectivity index (χ3n) is 12.5. The highest BCUT2D eigenvalue weighted by atomic mass is 16.2. The standard InChI is InChI=1S/C41H49N7O2/c1-25-8-10-27(19-31(25)38(49)42-4)44-37-36-34(43-24-47(36)28-11-12-28)22-33(45-37)26-9-13-32-35(18-26)48(39(50)41(32)14-6-5-7-15-41)30-20-29(21-30)46-17-16-40(2,3)23-46/h8-10,13,18-19,22,24,28-30H,5-7,11-12,14-17,20-21,23H2,1-4H3,(H,42,49)(H,44,45). The van der Waals surface area contributed by atoms with Gasteiger partial charge in [0.15, 0.2) is 5.82 Å². The zero-order chi connectivity index (χ0) is 34.4. The molecule has 260 valence electrons. The molecule has 0 atom stereocenters. The highest BCUT2D eigenvalue weighted by Gasteiger charge is 2.55. The number of imidazole rings is 1. The van der Waals surface area contributed by atoms with E-state index in [9.17, 15) is 9.59 Å². The van der Waals surface area contributed by atoms with Gasteiger partial charge in [0.1, 0.15) is 5.52 Å². The number of nitrogens with zero attached hydrogens (tertiary/aromatic N) is 5. The molecule has 4 aromatic rings. The number of pyridine rings is 1. The minimum Gasteiger partial charge on any atom is -0.355 e. The summed E-state index contributed by atoms with van der Waals surface area (Å²) in [5.41, 5.74) is 8.32. The van der Waals surface area contributed by atoms with Crippen LogP contribution in [0.25, 0.3) is 22.3 Å². The molecule has 1 saturated heterocycles. The molecule has 2 aliphatic heterocycles. The van der Waals surface area contributed by atoms with Crippen molar-refractivity contribution in [3.05, 3.63) is 65.5 Å². The summed E-state index contributed by atoms with van der Waals surface area (Å²) in [5, 5.41) is 6.34. The van der Waals surface area contributed by atoms with Gasteiger partial charge in [0.05, 0.1) is 23.0 Å². The van der Waals surface area contributed by atoms with Crippen molar-refractivity contribution in [2.45, 2.75) is 109 Å². The van der Waals surface area contributed by atoms with E-state index >= 15 is 0 Å². The molecule has 0 radical (unpaired) electrons. The number of benzene rings is 2. The number of hydrogen-bond donors (Lipinski definition) is 2. The summed E-state index contributed by atoms with van der Waals surface area (Å²) in [6.45, 7) is 9.02. The first-order valence-electron chi connectivity index (χ1n) is 18.8. The van der Waals surface area contributed by atoms with Crippen LogP contribution in [-0.4, -0.2) is 63.5 Å². The second-order valence-corrected chi connectivity index (χ2v) is 16.6. The highest BCUT2D eigenvalue weighted by molar-refractivity contribution is 6.09. The van der Waals surface area contributed by atoms with E-state index in [2.05, 4.69) is 63.1 Å². The number of nitrogens with one attached hydrogen (secondary N) is 2. The Morgan fingerprint density at radius 2 is 1.74 bits per heavy atom. The number of anilines is 3. The summed E-state index contributed by atoms with van der Waals surface area (Å²) in [6.07, 6.45) is 12.8. The second-order valence-electron chi connectivity index (χ2n) is 16.6. The molecule has 2 aromatic carbocycles. The zero-order valence-corrected chi connectivity index (χ0v) is 29.9. The summed E-state index contributed by atoms with van der Waals surface area (Å²) < 4.78 is 2.24. The molecule has 3 saturated carbocycles. The van der Waals surface area contributed by atoms with Crippen molar-refractivity contribution < 1.29 is 9.59 Å².